The fourth-order valence-electron chi connectivity index (χ4n) is 9.21. The van der Waals surface area contributed by atoms with Crippen LogP contribution in [0.2, 0.25) is 0 Å². The van der Waals surface area contributed by atoms with E-state index in [-0.39, 0.29) is 25.1 Å². The summed E-state index contributed by atoms with van der Waals surface area (Å²) >= 11 is 0. The number of carbonyl (C=O) groups excluding carboxylic acids is 1. The molecule has 6 rings (SSSR count). The van der Waals surface area contributed by atoms with Gasteiger partial charge in [-0.2, -0.15) is 5.06 Å². The van der Waals surface area contributed by atoms with Gasteiger partial charge in [-0.05, 0) is 87.6 Å². The highest BCUT2D eigenvalue weighted by molar-refractivity contribution is 5.96. The second-order valence-corrected chi connectivity index (χ2v) is 16.7. The van der Waals surface area contributed by atoms with Crippen molar-refractivity contribution in [2.45, 2.75) is 97.9 Å². The van der Waals surface area contributed by atoms with Crippen molar-refractivity contribution in [2.75, 3.05) is 48.2 Å². The van der Waals surface area contributed by atoms with E-state index in [1.165, 1.54) is 6.42 Å². The lowest BCUT2D eigenvalue weighted by Crippen LogP contribution is -2.60. The molecule has 4 fully saturated rings. The number of rotatable bonds is 17. The molecule has 2 bridgehead atoms. The number of nitrogens with zero attached hydrogens (tertiary/aromatic N) is 2. The maximum absolute atomic E-state index is 13.6. The summed E-state index contributed by atoms with van der Waals surface area (Å²) in [6.45, 7) is 14.2. The predicted molar refractivity (Wildman–Crippen MR) is 203 cm³/mol. The Kier molecular flexibility index (Phi) is 13.3. The van der Waals surface area contributed by atoms with Gasteiger partial charge in [-0.15, -0.1) is 0 Å². The molecule has 52 heavy (non-hydrogen) atoms. The van der Waals surface area contributed by atoms with Gasteiger partial charge >= 0.3 is 0 Å². The number of likely N-dealkylation sites (N-methyl/N-ethyl adjacent to an activating group) is 1. The normalized spacial score (nSPS) is 28.1. The molecular weight excluding hydrogens is 660 g/mol. The molecule has 11 heteroatoms. The first kappa shape index (κ1) is 40.4. The summed E-state index contributed by atoms with van der Waals surface area (Å²) in [5.74, 6) is 3.00. The molecule has 1 amide bonds. The van der Waals surface area contributed by atoms with Crippen molar-refractivity contribution >= 4 is 5.91 Å². The van der Waals surface area contributed by atoms with Gasteiger partial charge in [0.05, 0.1) is 46.1 Å². The molecule has 0 radical (unpaired) electrons. The van der Waals surface area contributed by atoms with Crippen LogP contribution in [0.5, 0.6) is 11.5 Å². The standard InChI is InChI=1S/C41H64N4O7/c1-24(2)16-30(21-44(7)8)43-39(48)27-14-15-35(49-9)32(17-27)31-13-11-12-28(38(31)50-10)20-45-40(37(26(4)47)36(22-46)52-45)51-23-42-34-19-29-18-33(25(34)3)41(29,5)6/h11-15,17,24-26,29-30,33-34,36-37,40,42,46-47H,16,18-23H2,1-10H3,(H,43,48)/t25-,26-,29+,30-,33-,34-,36-,37-,40+/m0/s1. The summed E-state index contributed by atoms with van der Waals surface area (Å²) < 4.78 is 18.4. The Morgan fingerprint density at radius 2 is 1.85 bits per heavy atom. The van der Waals surface area contributed by atoms with Gasteiger partial charge in [0.2, 0.25) is 0 Å². The minimum atomic E-state index is -0.779. The zero-order chi connectivity index (χ0) is 37.9. The Balaban J connectivity index is 1.37. The molecule has 3 aliphatic carbocycles. The molecule has 2 aromatic carbocycles. The minimum absolute atomic E-state index is 0.00813. The first-order valence-electron chi connectivity index (χ1n) is 19.1. The Morgan fingerprint density at radius 3 is 2.44 bits per heavy atom. The molecule has 3 saturated carbocycles. The zero-order valence-electron chi connectivity index (χ0n) is 33.0. The Labute approximate surface area is 311 Å². The molecule has 0 spiro atoms. The first-order chi connectivity index (χ1) is 24.7. The van der Waals surface area contributed by atoms with Crippen molar-refractivity contribution in [3.63, 3.8) is 0 Å². The number of aliphatic hydroxyl groups excluding tert-OH is 2. The maximum atomic E-state index is 13.6. The maximum Gasteiger partial charge on any atom is 0.251 e. The summed E-state index contributed by atoms with van der Waals surface area (Å²) in [5.41, 5.74) is 3.22. The smallest absolute Gasteiger partial charge is 0.251 e. The summed E-state index contributed by atoms with van der Waals surface area (Å²) in [7, 11) is 7.26. The van der Waals surface area contributed by atoms with E-state index in [1.807, 2.05) is 44.4 Å². The highest BCUT2D eigenvalue weighted by Gasteiger charge is 2.56. The SMILES string of the molecule is COc1ccc(C(=O)N[C@@H](CC(C)C)CN(C)C)cc1-c1cccc(CN2O[C@@H](CO)[C@H]([C@H](C)O)[C@H]2OCN[C@H]2C[C@H]3C[C@@H]([C@@H]2C)C3(C)C)c1OC. The molecule has 11 nitrogen and oxygen atoms in total. The zero-order valence-corrected chi connectivity index (χ0v) is 33.0. The van der Waals surface area contributed by atoms with Crippen LogP contribution >= 0.6 is 0 Å². The van der Waals surface area contributed by atoms with E-state index in [9.17, 15) is 15.0 Å². The second-order valence-electron chi connectivity index (χ2n) is 16.7. The Bertz CT molecular complexity index is 1490. The second kappa shape index (κ2) is 17.1. The number of para-hydroxylation sites is 1. The number of nitrogens with one attached hydrogen (secondary N) is 2. The van der Waals surface area contributed by atoms with Gasteiger partial charge in [-0.3, -0.25) is 14.9 Å². The third-order valence-electron chi connectivity index (χ3n) is 12.1. The van der Waals surface area contributed by atoms with Crippen molar-refractivity contribution in [1.29, 1.82) is 0 Å². The lowest BCUT2D eigenvalue weighted by atomic mass is 9.45. The lowest BCUT2D eigenvalue weighted by molar-refractivity contribution is -0.227. The van der Waals surface area contributed by atoms with Gasteiger partial charge in [0.1, 0.15) is 23.8 Å². The van der Waals surface area contributed by atoms with Crippen LogP contribution in [0.15, 0.2) is 36.4 Å². The molecular formula is C41H64N4O7. The molecule has 290 valence electrons. The van der Waals surface area contributed by atoms with Gasteiger partial charge in [0, 0.05) is 40.9 Å². The number of aliphatic hydroxyl groups is 2. The van der Waals surface area contributed by atoms with Crippen molar-refractivity contribution < 1.29 is 34.1 Å². The van der Waals surface area contributed by atoms with Gasteiger partial charge in [-0.1, -0.05) is 52.8 Å². The van der Waals surface area contributed by atoms with Crippen LogP contribution in [0.25, 0.3) is 11.1 Å². The third-order valence-corrected chi connectivity index (χ3v) is 12.1. The summed E-state index contributed by atoms with van der Waals surface area (Å²) in [4.78, 5) is 22.0. The van der Waals surface area contributed by atoms with Crippen molar-refractivity contribution in [3.8, 4) is 22.6 Å². The van der Waals surface area contributed by atoms with Gasteiger partial charge < -0.3 is 34.6 Å². The van der Waals surface area contributed by atoms with Crippen molar-refractivity contribution in [2.24, 2.45) is 35.0 Å². The number of hydrogen-bond donors (Lipinski definition) is 4. The number of amides is 1. The van der Waals surface area contributed by atoms with E-state index in [0.29, 0.717) is 53.0 Å². The van der Waals surface area contributed by atoms with Crippen molar-refractivity contribution in [1.82, 2.24) is 20.6 Å². The molecule has 1 aliphatic heterocycles. The number of fused-ring (bicyclic) bond motifs is 2. The molecule has 2 aromatic rings. The molecule has 0 aromatic heterocycles. The van der Waals surface area contributed by atoms with E-state index < -0.39 is 24.4 Å². The Hall–Kier alpha value is -2.77. The van der Waals surface area contributed by atoms with Crippen LogP contribution < -0.4 is 20.1 Å². The van der Waals surface area contributed by atoms with Crippen LogP contribution in [-0.4, -0.2) is 105 Å². The molecule has 4 N–H and O–H groups in total. The molecule has 4 aliphatic rings. The van der Waals surface area contributed by atoms with E-state index >= 15 is 0 Å². The number of hydroxylamine groups is 2. The van der Waals surface area contributed by atoms with Crippen LogP contribution in [-0.2, 0) is 16.1 Å². The van der Waals surface area contributed by atoms with Crippen LogP contribution in [0.4, 0.5) is 0 Å². The van der Waals surface area contributed by atoms with E-state index in [2.05, 4.69) is 50.2 Å². The van der Waals surface area contributed by atoms with Crippen LogP contribution in [0.3, 0.4) is 0 Å². The molecule has 9 atom stereocenters. The topological polar surface area (TPSA) is 125 Å². The molecule has 0 unspecified atom stereocenters. The average molecular weight is 725 g/mol. The fourth-order valence-corrected chi connectivity index (χ4v) is 9.21. The summed E-state index contributed by atoms with van der Waals surface area (Å²) in [5, 5.41) is 29.8. The number of hydrogen-bond acceptors (Lipinski definition) is 10. The van der Waals surface area contributed by atoms with Gasteiger partial charge in [0.25, 0.3) is 5.91 Å². The molecule has 1 saturated heterocycles. The Morgan fingerprint density at radius 1 is 1.10 bits per heavy atom. The van der Waals surface area contributed by atoms with Crippen LogP contribution in [0.1, 0.15) is 76.7 Å². The first-order valence-corrected chi connectivity index (χ1v) is 19.1. The van der Waals surface area contributed by atoms with E-state index in [4.69, 9.17) is 19.0 Å². The van der Waals surface area contributed by atoms with Gasteiger partial charge in [0.15, 0.2) is 0 Å². The van der Waals surface area contributed by atoms with E-state index in [0.717, 1.165) is 42.0 Å². The summed E-state index contributed by atoms with van der Waals surface area (Å²) in [6, 6.07) is 11.7. The largest absolute Gasteiger partial charge is 0.496 e. The van der Waals surface area contributed by atoms with E-state index in [1.54, 1.807) is 32.3 Å². The number of methoxy groups -OCH3 is 2. The van der Waals surface area contributed by atoms with Gasteiger partial charge in [-0.25, -0.2) is 0 Å². The van der Waals surface area contributed by atoms with Crippen molar-refractivity contribution in [3.05, 3.63) is 47.5 Å². The predicted octanol–water partition coefficient (Wildman–Crippen LogP) is 5.14. The summed E-state index contributed by atoms with van der Waals surface area (Å²) in [6.07, 6.45) is 1.27. The average Bonchev–Trinajstić information content (AvgIpc) is 3.44. The highest BCUT2D eigenvalue weighted by atomic mass is 16.7. The fraction of sp³-hybridized carbons (Fsp3) is 0.683. The minimum Gasteiger partial charge on any atom is -0.496 e. The number of benzene rings is 2. The third kappa shape index (κ3) is 8.62. The quantitative estimate of drug-likeness (QED) is 0.163. The monoisotopic (exact) mass is 724 g/mol. The molecule has 1 heterocycles. The number of carbonyl (C=O) groups is 1. The highest BCUT2D eigenvalue weighted by Crippen LogP contribution is 2.61. The number of ether oxygens (including phenoxy) is 3. The van der Waals surface area contributed by atoms with Crippen LogP contribution in [0, 0.1) is 35.0 Å². The lowest BCUT2D eigenvalue weighted by Gasteiger charge is -2.62.